The number of rotatable bonds is 2. The second kappa shape index (κ2) is 2.96. The molecule has 0 saturated carbocycles. The quantitative estimate of drug-likeness (QED) is 0.435. The summed E-state index contributed by atoms with van der Waals surface area (Å²) in [6.07, 6.45) is 4.17. The molecule has 1 heterocycles. The Kier molecular flexibility index (Phi) is 1.99. The van der Waals surface area contributed by atoms with Crippen molar-refractivity contribution >= 4 is 0 Å². The van der Waals surface area contributed by atoms with Crippen LogP contribution in [0.4, 0.5) is 4.39 Å². The SMILES string of the molecule is C=CO[n+]1ccc(F)cc1. The lowest BCUT2D eigenvalue weighted by Gasteiger charge is -1.87. The topological polar surface area (TPSA) is 13.1 Å². The van der Waals surface area contributed by atoms with Crippen molar-refractivity contribution < 1.29 is 14.0 Å². The van der Waals surface area contributed by atoms with E-state index in [1.165, 1.54) is 35.5 Å². The molecular formula is C7H7FNO+. The van der Waals surface area contributed by atoms with Gasteiger partial charge >= 0.3 is 0 Å². The molecular weight excluding hydrogens is 133 g/mol. The molecule has 0 N–H and O–H groups in total. The summed E-state index contributed by atoms with van der Waals surface area (Å²) in [5, 5.41) is 0. The van der Waals surface area contributed by atoms with Gasteiger partial charge in [-0.3, -0.25) is 0 Å². The lowest BCUT2D eigenvalue weighted by Crippen LogP contribution is -2.38. The van der Waals surface area contributed by atoms with E-state index in [0.717, 1.165) is 0 Å². The predicted octanol–water partition coefficient (Wildman–Crippen LogP) is 0.685. The van der Waals surface area contributed by atoms with Gasteiger partial charge < -0.3 is 0 Å². The van der Waals surface area contributed by atoms with Gasteiger partial charge in [-0.05, 0) is 0 Å². The molecule has 0 aliphatic heterocycles. The average Bonchev–Trinajstić information content (AvgIpc) is 1.95. The van der Waals surface area contributed by atoms with Crippen LogP contribution in [0.5, 0.6) is 0 Å². The van der Waals surface area contributed by atoms with E-state index in [9.17, 15) is 4.39 Å². The fraction of sp³-hybridized carbons (Fsp3) is 0. The Hall–Kier alpha value is -1.38. The molecule has 0 atom stereocenters. The van der Waals surface area contributed by atoms with Crippen molar-refractivity contribution in [1.29, 1.82) is 0 Å². The molecule has 0 saturated heterocycles. The van der Waals surface area contributed by atoms with Crippen LogP contribution in [-0.2, 0) is 0 Å². The van der Waals surface area contributed by atoms with Crippen molar-refractivity contribution in [2.24, 2.45) is 0 Å². The van der Waals surface area contributed by atoms with Gasteiger partial charge in [0.05, 0.1) is 0 Å². The van der Waals surface area contributed by atoms with Gasteiger partial charge in [-0.1, -0.05) is 6.58 Å². The van der Waals surface area contributed by atoms with Gasteiger partial charge in [0, 0.05) is 16.9 Å². The summed E-state index contributed by atoms with van der Waals surface area (Å²) in [4.78, 5) is 4.77. The normalized spacial score (nSPS) is 8.90. The lowest BCUT2D eigenvalue weighted by molar-refractivity contribution is -0.876. The first kappa shape index (κ1) is 6.74. The van der Waals surface area contributed by atoms with E-state index < -0.39 is 0 Å². The highest BCUT2D eigenvalue weighted by Gasteiger charge is 1.96. The Labute approximate surface area is 58.1 Å². The number of nitrogens with zero attached hydrogens (tertiary/aromatic N) is 1. The number of hydrogen-bond acceptors (Lipinski definition) is 1. The van der Waals surface area contributed by atoms with Gasteiger partial charge in [-0.2, -0.15) is 0 Å². The van der Waals surface area contributed by atoms with Gasteiger partial charge in [-0.15, -0.1) is 0 Å². The summed E-state index contributed by atoms with van der Waals surface area (Å²) in [5.74, 6) is -0.288. The Morgan fingerprint density at radius 2 is 2.10 bits per heavy atom. The fourth-order valence-corrected chi connectivity index (χ4v) is 0.551. The molecule has 0 aliphatic carbocycles. The van der Waals surface area contributed by atoms with Crippen molar-refractivity contribution in [2.75, 3.05) is 0 Å². The molecule has 2 nitrogen and oxygen atoms in total. The van der Waals surface area contributed by atoms with E-state index in [-0.39, 0.29) is 5.82 Å². The molecule has 0 aliphatic rings. The van der Waals surface area contributed by atoms with E-state index >= 15 is 0 Å². The van der Waals surface area contributed by atoms with Crippen LogP contribution in [0.25, 0.3) is 0 Å². The van der Waals surface area contributed by atoms with Crippen LogP contribution in [0, 0.1) is 5.82 Å². The highest BCUT2D eigenvalue weighted by atomic mass is 19.1. The van der Waals surface area contributed by atoms with E-state index in [1.54, 1.807) is 0 Å². The minimum Gasteiger partial charge on any atom is -0.240 e. The molecule has 0 spiro atoms. The van der Waals surface area contributed by atoms with Crippen molar-refractivity contribution in [3.8, 4) is 0 Å². The highest BCUT2D eigenvalue weighted by Crippen LogP contribution is 1.87. The first-order valence-corrected chi connectivity index (χ1v) is 2.78. The van der Waals surface area contributed by atoms with Crippen LogP contribution in [-0.4, -0.2) is 0 Å². The Balaban J connectivity index is 2.78. The van der Waals surface area contributed by atoms with Crippen LogP contribution in [0.3, 0.4) is 0 Å². The molecule has 1 rings (SSSR count). The summed E-state index contributed by atoms with van der Waals surface area (Å²) in [6, 6.07) is 2.59. The molecule has 0 aromatic carbocycles. The summed E-state index contributed by atoms with van der Waals surface area (Å²) in [6.45, 7) is 3.34. The van der Waals surface area contributed by atoms with Crippen molar-refractivity contribution in [1.82, 2.24) is 0 Å². The zero-order valence-corrected chi connectivity index (χ0v) is 5.33. The number of pyridine rings is 1. The third kappa shape index (κ3) is 1.55. The fourth-order valence-electron chi connectivity index (χ4n) is 0.551. The monoisotopic (exact) mass is 140 g/mol. The third-order valence-electron chi connectivity index (χ3n) is 0.958. The molecule has 3 heteroatoms. The predicted molar refractivity (Wildman–Crippen MR) is 33.4 cm³/mol. The van der Waals surface area contributed by atoms with E-state index in [2.05, 4.69) is 6.58 Å². The second-order valence-electron chi connectivity index (χ2n) is 1.65. The molecule has 1 aromatic heterocycles. The van der Waals surface area contributed by atoms with Gasteiger partial charge in [0.2, 0.25) is 12.4 Å². The van der Waals surface area contributed by atoms with Crippen LogP contribution in [0.1, 0.15) is 0 Å². The first-order chi connectivity index (χ1) is 4.83. The molecule has 0 fully saturated rings. The number of aromatic nitrogens is 1. The summed E-state index contributed by atoms with van der Waals surface area (Å²) < 4.78 is 13.6. The average molecular weight is 140 g/mol. The van der Waals surface area contributed by atoms with Gasteiger partial charge in [0.1, 0.15) is 5.82 Å². The standard InChI is InChI=1S/C7H7FNO/c1-2-10-9-5-3-7(8)4-6-9/h2-6H,1H2/q+1. The summed E-state index contributed by atoms with van der Waals surface area (Å²) >= 11 is 0. The van der Waals surface area contributed by atoms with E-state index in [1.807, 2.05) is 0 Å². The van der Waals surface area contributed by atoms with Crippen molar-refractivity contribution in [3.63, 3.8) is 0 Å². The largest absolute Gasteiger partial charge is 0.240 e. The molecule has 10 heavy (non-hydrogen) atoms. The summed E-state index contributed by atoms with van der Waals surface area (Å²) in [5.41, 5.74) is 0. The number of halogens is 1. The molecule has 0 unspecified atom stereocenters. The van der Waals surface area contributed by atoms with Crippen molar-refractivity contribution in [3.05, 3.63) is 43.2 Å². The highest BCUT2D eigenvalue weighted by molar-refractivity contribution is 4.88. The van der Waals surface area contributed by atoms with E-state index in [0.29, 0.717) is 0 Å². The second-order valence-corrected chi connectivity index (χ2v) is 1.65. The van der Waals surface area contributed by atoms with Crippen LogP contribution in [0.2, 0.25) is 0 Å². The molecule has 0 amide bonds. The molecule has 0 bridgehead atoms. The summed E-state index contributed by atoms with van der Waals surface area (Å²) in [7, 11) is 0. The smallest absolute Gasteiger partial charge is 0.225 e. The maximum atomic E-state index is 12.2. The first-order valence-electron chi connectivity index (χ1n) is 2.78. The van der Waals surface area contributed by atoms with Crippen molar-refractivity contribution in [2.45, 2.75) is 0 Å². The third-order valence-corrected chi connectivity index (χ3v) is 0.958. The van der Waals surface area contributed by atoms with E-state index in [4.69, 9.17) is 4.84 Å². The van der Waals surface area contributed by atoms with Crippen LogP contribution in [0.15, 0.2) is 37.4 Å². The number of hydrogen-bond donors (Lipinski definition) is 0. The maximum absolute atomic E-state index is 12.2. The minimum absolute atomic E-state index is 0.288. The lowest BCUT2D eigenvalue weighted by atomic mass is 10.5. The van der Waals surface area contributed by atoms with Gasteiger partial charge in [-0.25, -0.2) is 9.23 Å². The van der Waals surface area contributed by atoms with Gasteiger partial charge in [0.15, 0.2) is 6.26 Å². The Bertz CT molecular complexity index is 220. The van der Waals surface area contributed by atoms with Crippen LogP contribution < -0.4 is 9.57 Å². The zero-order chi connectivity index (χ0) is 7.40. The molecule has 52 valence electrons. The maximum Gasteiger partial charge on any atom is 0.225 e. The molecule has 1 aromatic rings. The Morgan fingerprint density at radius 3 is 2.60 bits per heavy atom. The molecule has 0 radical (unpaired) electrons. The zero-order valence-electron chi connectivity index (χ0n) is 5.33. The van der Waals surface area contributed by atoms with Gasteiger partial charge in [0.25, 0.3) is 0 Å². The minimum atomic E-state index is -0.288. The Morgan fingerprint density at radius 1 is 1.50 bits per heavy atom. The van der Waals surface area contributed by atoms with Crippen LogP contribution >= 0.6 is 0 Å².